The van der Waals surface area contributed by atoms with Crippen molar-refractivity contribution in [3.8, 4) is 0 Å². The number of halogens is 1. The minimum Gasteiger partial charge on any atom is -0.349 e. The number of hydrogen-bond acceptors (Lipinski definition) is 6. The normalized spacial score (nSPS) is 21.2. The molecule has 0 radical (unpaired) electrons. The van der Waals surface area contributed by atoms with Crippen molar-refractivity contribution in [2.24, 2.45) is 0 Å². The van der Waals surface area contributed by atoms with Gasteiger partial charge in [-0.3, -0.25) is 4.79 Å². The average molecular weight is 367 g/mol. The minimum atomic E-state index is -0.500. The van der Waals surface area contributed by atoms with Gasteiger partial charge in [-0.25, -0.2) is 19.3 Å². The Morgan fingerprint density at radius 3 is 3.00 bits per heavy atom. The SMILES string of the molecule is Cc1cn2cc(NC(=O)c3cnc(N4CC5NCCC54)cn3)cc(F)c2n1. The van der Waals surface area contributed by atoms with E-state index in [4.69, 9.17) is 0 Å². The van der Waals surface area contributed by atoms with Gasteiger partial charge in [-0.1, -0.05) is 0 Å². The van der Waals surface area contributed by atoms with E-state index in [0.29, 0.717) is 23.5 Å². The predicted octanol–water partition coefficient (Wildman–Crippen LogP) is 1.37. The fraction of sp³-hybridized carbons (Fsp3) is 0.333. The van der Waals surface area contributed by atoms with Crippen molar-refractivity contribution >= 4 is 23.1 Å². The number of aryl methyl sites for hydroxylation is 1. The molecule has 2 fully saturated rings. The van der Waals surface area contributed by atoms with Crippen molar-refractivity contribution in [3.05, 3.63) is 48.1 Å². The van der Waals surface area contributed by atoms with Crippen LogP contribution < -0.4 is 15.5 Å². The van der Waals surface area contributed by atoms with Crippen molar-refractivity contribution in [1.29, 1.82) is 0 Å². The average Bonchev–Trinajstić information content (AvgIpc) is 3.18. The number of carbonyl (C=O) groups excluding carboxylic acids is 1. The molecule has 0 spiro atoms. The van der Waals surface area contributed by atoms with Crippen LogP contribution in [0.15, 0.2) is 30.9 Å². The first-order chi connectivity index (χ1) is 13.1. The number of pyridine rings is 1. The van der Waals surface area contributed by atoms with Crippen LogP contribution in [0.4, 0.5) is 15.9 Å². The number of anilines is 2. The maximum Gasteiger partial charge on any atom is 0.275 e. The van der Waals surface area contributed by atoms with E-state index < -0.39 is 11.7 Å². The van der Waals surface area contributed by atoms with Crippen LogP contribution in [-0.2, 0) is 0 Å². The van der Waals surface area contributed by atoms with Crippen molar-refractivity contribution in [1.82, 2.24) is 24.7 Å². The van der Waals surface area contributed by atoms with Gasteiger partial charge in [0.2, 0.25) is 0 Å². The highest BCUT2D eigenvalue weighted by Crippen LogP contribution is 2.29. The van der Waals surface area contributed by atoms with Crippen LogP contribution in [0, 0.1) is 12.7 Å². The molecule has 3 aromatic heterocycles. The molecule has 9 heteroatoms. The molecule has 2 aliphatic rings. The van der Waals surface area contributed by atoms with Crippen LogP contribution in [-0.4, -0.2) is 50.4 Å². The van der Waals surface area contributed by atoms with E-state index in [1.54, 1.807) is 29.9 Å². The summed E-state index contributed by atoms with van der Waals surface area (Å²) in [5, 5.41) is 6.10. The molecule has 8 nitrogen and oxygen atoms in total. The number of carbonyl (C=O) groups is 1. The summed E-state index contributed by atoms with van der Waals surface area (Å²) in [6.07, 6.45) is 7.48. The number of nitrogens with zero attached hydrogens (tertiary/aromatic N) is 5. The monoisotopic (exact) mass is 367 g/mol. The Morgan fingerprint density at radius 2 is 2.22 bits per heavy atom. The summed E-state index contributed by atoms with van der Waals surface area (Å²) in [6, 6.07) is 2.24. The smallest absolute Gasteiger partial charge is 0.275 e. The molecule has 2 N–H and O–H groups in total. The molecule has 2 aliphatic heterocycles. The van der Waals surface area contributed by atoms with Gasteiger partial charge in [-0.05, 0) is 19.9 Å². The lowest BCUT2D eigenvalue weighted by atomic mass is 9.98. The molecular formula is C18H18FN7O. The zero-order valence-electron chi connectivity index (χ0n) is 14.7. The van der Waals surface area contributed by atoms with Gasteiger partial charge in [0.1, 0.15) is 11.5 Å². The number of aromatic nitrogens is 4. The van der Waals surface area contributed by atoms with E-state index in [1.165, 1.54) is 12.3 Å². The van der Waals surface area contributed by atoms with Crippen LogP contribution in [0.5, 0.6) is 0 Å². The third kappa shape index (κ3) is 2.71. The fourth-order valence-electron chi connectivity index (χ4n) is 3.82. The quantitative estimate of drug-likeness (QED) is 0.727. The second-order valence-corrected chi connectivity index (χ2v) is 6.97. The van der Waals surface area contributed by atoms with Gasteiger partial charge in [-0.2, -0.15) is 0 Å². The van der Waals surface area contributed by atoms with Crippen LogP contribution >= 0.6 is 0 Å². The summed E-state index contributed by atoms with van der Waals surface area (Å²) in [6.45, 7) is 3.72. The summed E-state index contributed by atoms with van der Waals surface area (Å²) >= 11 is 0. The molecule has 2 atom stereocenters. The highest BCUT2D eigenvalue weighted by atomic mass is 19.1. The lowest BCUT2D eigenvalue weighted by Crippen LogP contribution is -2.61. The topological polar surface area (TPSA) is 87.5 Å². The Hall–Kier alpha value is -3.07. The Bertz CT molecular complexity index is 1030. The molecule has 0 saturated carbocycles. The lowest BCUT2D eigenvalue weighted by molar-refractivity contribution is 0.102. The van der Waals surface area contributed by atoms with Gasteiger partial charge in [-0.15, -0.1) is 0 Å². The molecule has 5 heterocycles. The summed E-state index contributed by atoms with van der Waals surface area (Å²) < 4.78 is 15.7. The molecule has 27 heavy (non-hydrogen) atoms. The number of imidazole rings is 1. The molecule has 3 aromatic rings. The van der Waals surface area contributed by atoms with Gasteiger partial charge in [0, 0.05) is 37.1 Å². The number of amides is 1. The van der Waals surface area contributed by atoms with Crippen LogP contribution in [0.25, 0.3) is 5.65 Å². The Morgan fingerprint density at radius 1 is 1.33 bits per heavy atom. The number of rotatable bonds is 3. The lowest BCUT2D eigenvalue weighted by Gasteiger charge is -2.44. The second kappa shape index (κ2) is 5.98. The maximum absolute atomic E-state index is 14.1. The van der Waals surface area contributed by atoms with Crippen molar-refractivity contribution in [2.75, 3.05) is 23.3 Å². The van der Waals surface area contributed by atoms with Crippen molar-refractivity contribution in [2.45, 2.75) is 25.4 Å². The molecule has 2 unspecified atom stereocenters. The number of hydrogen-bond donors (Lipinski definition) is 2. The van der Waals surface area contributed by atoms with E-state index in [-0.39, 0.29) is 11.3 Å². The Kier molecular flexibility index (Phi) is 3.57. The van der Waals surface area contributed by atoms with Gasteiger partial charge in [0.05, 0.1) is 23.8 Å². The first-order valence-electron chi connectivity index (χ1n) is 8.87. The largest absolute Gasteiger partial charge is 0.349 e. The standard InChI is InChI=1S/C18H18FN7O/c1-10-7-25-8-11(4-12(19)17(25)23-10)24-18(27)13-5-22-16(6-21-13)26-9-14-15(26)2-3-20-14/h4-8,14-15,20H,2-3,9H2,1H3,(H,24,27). The van der Waals surface area contributed by atoms with Crippen LogP contribution in [0.2, 0.25) is 0 Å². The van der Waals surface area contributed by atoms with E-state index in [9.17, 15) is 9.18 Å². The zero-order chi connectivity index (χ0) is 18.5. The molecule has 5 rings (SSSR count). The highest BCUT2D eigenvalue weighted by molar-refractivity contribution is 6.02. The summed E-state index contributed by atoms with van der Waals surface area (Å²) in [7, 11) is 0. The molecule has 0 aliphatic carbocycles. The van der Waals surface area contributed by atoms with Crippen LogP contribution in [0.3, 0.4) is 0 Å². The van der Waals surface area contributed by atoms with Gasteiger partial charge >= 0.3 is 0 Å². The molecule has 1 amide bonds. The van der Waals surface area contributed by atoms with Crippen molar-refractivity contribution < 1.29 is 9.18 Å². The second-order valence-electron chi connectivity index (χ2n) is 6.97. The molecule has 0 bridgehead atoms. The van der Waals surface area contributed by atoms with E-state index in [0.717, 1.165) is 25.3 Å². The van der Waals surface area contributed by atoms with E-state index >= 15 is 0 Å². The predicted molar refractivity (Wildman–Crippen MR) is 97.4 cm³/mol. The summed E-state index contributed by atoms with van der Waals surface area (Å²) in [5.41, 5.74) is 1.44. The summed E-state index contributed by atoms with van der Waals surface area (Å²) in [4.78, 5) is 27.3. The van der Waals surface area contributed by atoms with Gasteiger partial charge in [0.25, 0.3) is 5.91 Å². The van der Waals surface area contributed by atoms with Gasteiger partial charge in [0.15, 0.2) is 11.5 Å². The number of fused-ring (bicyclic) bond motifs is 2. The zero-order valence-corrected chi connectivity index (χ0v) is 14.7. The third-order valence-corrected chi connectivity index (χ3v) is 5.15. The number of nitrogens with one attached hydrogen (secondary N) is 2. The van der Waals surface area contributed by atoms with Crippen LogP contribution in [0.1, 0.15) is 22.6 Å². The highest BCUT2D eigenvalue weighted by Gasteiger charge is 2.42. The first-order valence-corrected chi connectivity index (χ1v) is 8.87. The molecule has 0 aromatic carbocycles. The molecule has 2 saturated heterocycles. The Balaban J connectivity index is 1.32. The van der Waals surface area contributed by atoms with Crippen molar-refractivity contribution in [3.63, 3.8) is 0 Å². The molecule has 138 valence electrons. The maximum atomic E-state index is 14.1. The third-order valence-electron chi connectivity index (χ3n) is 5.15. The fourth-order valence-corrected chi connectivity index (χ4v) is 3.82. The van der Waals surface area contributed by atoms with E-state index in [1.807, 2.05) is 0 Å². The van der Waals surface area contributed by atoms with E-state index in [2.05, 4.69) is 30.5 Å². The first kappa shape index (κ1) is 16.1. The molecular weight excluding hydrogens is 349 g/mol. The Labute approximate surface area is 154 Å². The minimum absolute atomic E-state index is 0.183. The van der Waals surface area contributed by atoms with Gasteiger partial charge < -0.3 is 19.9 Å². The summed E-state index contributed by atoms with van der Waals surface area (Å²) in [5.74, 6) is -0.161.